The highest BCUT2D eigenvalue weighted by Crippen LogP contribution is 2.32. The Bertz CT molecular complexity index is 518. The van der Waals surface area contributed by atoms with Crippen LogP contribution in [0, 0.1) is 11.8 Å². The Hall–Kier alpha value is -1.55. The van der Waals surface area contributed by atoms with E-state index in [0.29, 0.717) is 24.3 Å². The number of aliphatic carboxylic acids is 1. The number of hydrogen-bond acceptors (Lipinski definition) is 2. The lowest BCUT2D eigenvalue weighted by molar-refractivity contribution is -0.141. The van der Waals surface area contributed by atoms with Crippen LogP contribution in [0.15, 0.2) is 24.3 Å². The minimum absolute atomic E-state index is 0.0823. The average Bonchev–Trinajstić information content (AvgIpc) is 2.88. The van der Waals surface area contributed by atoms with E-state index in [9.17, 15) is 9.59 Å². The van der Waals surface area contributed by atoms with Crippen LogP contribution in [0.3, 0.4) is 0 Å². The second kappa shape index (κ2) is 6.27. The summed E-state index contributed by atoms with van der Waals surface area (Å²) in [6.07, 6.45) is 1.64. The molecule has 2 rings (SSSR count). The van der Waals surface area contributed by atoms with Gasteiger partial charge in [-0.15, -0.1) is 0 Å². The van der Waals surface area contributed by atoms with E-state index < -0.39 is 5.97 Å². The van der Waals surface area contributed by atoms with E-state index in [1.165, 1.54) is 0 Å². The fourth-order valence-corrected chi connectivity index (χ4v) is 2.98. The molecule has 0 unspecified atom stereocenters. The molecular weight excluding hydrogens is 278 g/mol. The topological polar surface area (TPSA) is 66.4 Å². The molecule has 5 heteroatoms. The van der Waals surface area contributed by atoms with Crippen molar-refractivity contribution in [1.82, 2.24) is 5.32 Å². The second-order valence-electron chi connectivity index (χ2n) is 5.30. The van der Waals surface area contributed by atoms with E-state index in [0.717, 1.165) is 5.56 Å². The first kappa shape index (κ1) is 14.9. The lowest BCUT2D eigenvalue weighted by Crippen LogP contribution is -2.32. The van der Waals surface area contributed by atoms with Crippen molar-refractivity contribution in [3.8, 4) is 0 Å². The molecule has 20 heavy (non-hydrogen) atoms. The molecule has 1 aliphatic rings. The van der Waals surface area contributed by atoms with E-state index in [2.05, 4.69) is 5.32 Å². The van der Waals surface area contributed by atoms with Crippen molar-refractivity contribution < 1.29 is 14.7 Å². The summed E-state index contributed by atoms with van der Waals surface area (Å²) in [6.45, 7) is 1.88. The highest BCUT2D eigenvalue weighted by atomic mass is 35.5. The summed E-state index contributed by atoms with van der Waals surface area (Å²) in [6, 6.07) is 7.20. The fourth-order valence-electron chi connectivity index (χ4n) is 2.68. The Morgan fingerprint density at radius 2 is 1.95 bits per heavy atom. The summed E-state index contributed by atoms with van der Waals surface area (Å²) in [5, 5.41) is 12.5. The first-order valence-electron chi connectivity index (χ1n) is 6.76. The number of amides is 1. The molecule has 1 aromatic carbocycles. The maximum Gasteiger partial charge on any atom is 0.306 e. The molecule has 0 radical (unpaired) electrons. The maximum absolute atomic E-state index is 12.2. The molecule has 1 fully saturated rings. The molecule has 0 heterocycles. The van der Waals surface area contributed by atoms with Crippen LogP contribution in [0.25, 0.3) is 0 Å². The standard InChI is InChI=1S/C15H18ClNO3/c1-9(12-4-2-3-5-13(12)16)17-14(18)10-6-7-11(8-10)15(19)20/h2-5,9-11H,6-8H2,1H3,(H,17,18)(H,19,20)/t9-,10+,11-/m0/s1. The Morgan fingerprint density at radius 1 is 1.30 bits per heavy atom. The van der Waals surface area contributed by atoms with Gasteiger partial charge in [0, 0.05) is 10.9 Å². The molecule has 4 nitrogen and oxygen atoms in total. The number of hydrogen-bond donors (Lipinski definition) is 2. The molecule has 1 saturated carbocycles. The van der Waals surface area contributed by atoms with E-state index in [4.69, 9.17) is 16.7 Å². The van der Waals surface area contributed by atoms with Crippen LogP contribution < -0.4 is 5.32 Å². The van der Waals surface area contributed by atoms with Gasteiger partial charge in [-0.2, -0.15) is 0 Å². The summed E-state index contributed by atoms with van der Waals surface area (Å²) in [5.74, 6) is -1.48. The molecule has 1 amide bonds. The highest BCUT2D eigenvalue weighted by Gasteiger charge is 2.34. The summed E-state index contributed by atoms with van der Waals surface area (Å²) in [5.41, 5.74) is 0.871. The molecule has 108 valence electrons. The SMILES string of the molecule is C[C@H](NC(=O)[C@@H]1CC[C@H](C(=O)O)C1)c1ccccc1Cl. The van der Waals surface area contributed by atoms with Crippen LogP contribution >= 0.6 is 11.6 Å². The van der Waals surface area contributed by atoms with Crippen molar-refractivity contribution in [3.05, 3.63) is 34.9 Å². The predicted octanol–water partition coefficient (Wildman–Crippen LogP) is 3.02. The van der Waals surface area contributed by atoms with Crippen LogP contribution in [-0.2, 0) is 9.59 Å². The first-order valence-corrected chi connectivity index (χ1v) is 7.14. The monoisotopic (exact) mass is 295 g/mol. The van der Waals surface area contributed by atoms with Gasteiger partial charge in [0.05, 0.1) is 12.0 Å². The second-order valence-corrected chi connectivity index (χ2v) is 5.70. The van der Waals surface area contributed by atoms with Crippen molar-refractivity contribution in [2.45, 2.75) is 32.2 Å². The molecule has 0 aromatic heterocycles. The van der Waals surface area contributed by atoms with Gasteiger partial charge >= 0.3 is 5.97 Å². The van der Waals surface area contributed by atoms with Gasteiger partial charge in [-0.25, -0.2) is 0 Å². The van der Waals surface area contributed by atoms with E-state index >= 15 is 0 Å². The molecule has 1 aromatic rings. The Labute approximate surface area is 123 Å². The Kier molecular flexibility index (Phi) is 4.65. The first-order chi connectivity index (χ1) is 9.49. The van der Waals surface area contributed by atoms with Gasteiger partial charge < -0.3 is 10.4 Å². The van der Waals surface area contributed by atoms with E-state index in [1.807, 2.05) is 25.1 Å². The number of carbonyl (C=O) groups excluding carboxylic acids is 1. The third-order valence-corrected chi connectivity index (χ3v) is 4.23. The lowest BCUT2D eigenvalue weighted by atomic mass is 10.0. The van der Waals surface area contributed by atoms with Crippen molar-refractivity contribution in [3.63, 3.8) is 0 Å². The van der Waals surface area contributed by atoms with Crippen molar-refractivity contribution >= 4 is 23.5 Å². The summed E-state index contributed by atoms with van der Waals surface area (Å²) >= 11 is 6.10. The fraction of sp³-hybridized carbons (Fsp3) is 0.467. The maximum atomic E-state index is 12.2. The number of carbonyl (C=O) groups is 2. The van der Waals surface area contributed by atoms with Gasteiger partial charge in [0.25, 0.3) is 0 Å². The Morgan fingerprint density at radius 3 is 2.55 bits per heavy atom. The molecule has 1 aliphatic carbocycles. The molecule has 3 atom stereocenters. The van der Waals surface area contributed by atoms with Gasteiger partial charge in [-0.1, -0.05) is 29.8 Å². The van der Waals surface area contributed by atoms with Crippen LogP contribution in [0.4, 0.5) is 0 Å². The zero-order valence-electron chi connectivity index (χ0n) is 11.3. The van der Waals surface area contributed by atoms with Gasteiger partial charge in [0.2, 0.25) is 5.91 Å². The molecule has 0 bridgehead atoms. The van der Waals surface area contributed by atoms with Gasteiger partial charge in [-0.05, 0) is 37.8 Å². The summed E-state index contributed by atoms with van der Waals surface area (Å²) < 4.78 is 0. The number of carboxylic acids is 1. The lowest BCUT2D eigenvalue weighted by Gasteiger charge is -2.18. The third-order valence-electron chi connectivity index (χ3n) is 3.88. The van der Waals surface area contributed by atoms with Crippen LogP contribution in [-0.4, -0.2) is 17.0 Å². The molecule has 0 saturated heterocycles. The zero-order valence-corrected chi connectivity index (χ0v) is 12.1. The van der Waals surface area contributed by atoms with Crippen LogP contribution in [0.2, 0.25) is 5.02 Å². The van der Waals surface area contributed by atoms with Crippen LogP contribution in [0.5, 0.6) is 0 Å². The van der Waals surface area contributed by atoms with Crippen molar-refractivity contribution in [2.75, 3.05) is 0 Å². The summed E-state index contributed by atoms with van der Waals surface area (Å²) in [7, 11) is 0. The number of benzene rings is 1. The number of rotatable bonds is 4. The van der Waals surface area contributed by atoms with E-state index in [-0.39, 0.29) is 23.8 Å². The molecule has 0 spiro atoms. The molecule has 2 N–H and O–H groups in total. The van der Waals surface area contributed by atoms with Crippen LogP contribution in [0.1, 0.15) is 37.8 Å². The van der Waals surface area contributed by atoms with Crippen molar-refractivity contribution in [2.24, 2.45) is 11.8 Å². The highest BCUT2D eigenvalue weighted by molar-refractivity contribution is 6.31. The predicted molar refractivity (Wildman–Crippen MR) is 76.5 cm³/mol. The normalized spacial score (nSPS) is 23.3. The average molecular weight is 296 g/mol. The number of carboxylic acid groups (broad SMARTS) is 1. The van der Waals surface area contributed by atoms with Gasteiger partial charge in [0.15, 0.2) is 0 Å². The summed E-state index contributed by atoms with van der Waals surface area (Å²) in [4.78, 5) is 23.1. The Balaban J connectivity index is 1.95. The minimum Gasteiger partial charge on any atom is -0.481 e. The largest absolute Gasteiger partial charge is 0.481 e. The quantitative estimate of drug-likeness (QED) is 0.897. The number of nitrogens with one attached hydrogen (secondary N) is 1. The zero-order chi connectivity index (χ0) is 14.7. The minimum atomic E-state index is -0.806. The van der Waals surface area contributed by atoms with Gasteiger partial charge in [0.1, 0.15) is 0 Å². The molecular formula is C15H18ClNO3. The van der Waals surface area contributed by atoms with E-state index in [1.54, 1.807) is 6.07 Å². The third kappa shape index (κ3) is 3.31. The van der Waals surface area contributed by atoms with Crippen molar-refractivity contribution in [1.29, 1.82) is 0 Å². The molecule has 0 aliphatic heterocycles. The van der Waals surface area contributed by atoms with Gasteiger partial charge in [-0.3, -0.25) is 9.59 Å². The smallest absolute Gasteiger partial charge is 0.306 e. The number of halogens is 1.